The third kappa shape index (κ3) is 1.82. The van der Waals surface area contributed by atoms with E-state index in [1.54, 1.807) is 6.33 Å². The molecule has 2 heterocycles. The van der Waals surface area contributed by atoms with E-state index < -0.39 is 6.10 Å². The molecule has 0 bridgehead atoms. The zero-order chi connectivity index (χ0) is 14.4. The van der Waals surface area contributed by atoms with Crippen LogP contribution >= 0.6 is 0 Å². The number of imidazole rings is 1. The van der Waals surface area contributed by atoms with Crippen molar-refractivity contribution in [2.45, 2.75) is 31.5 Å². The van der Waals surface area contributed by atoms with Gasteiger partial charge >= 0.3 is 0 Å². The summed E-state index contributed by atoms with van der Waals surface area (Å²) in [5.41, 5.74) is 7.41. The van der Waals surface area contributed by atoms with Crippen LogP contribution in [-0.2, 0) is 0 Å². The normalized spacial score (nSPS) is 32.8. The summed E-state index contributed by atoms with van der Waals surface area (Å²) in [7, 11) is 0. The maximum Gasteiger partial charge on any atom is 0.194 e. The predicted molar refractivity (Wildman–Crippen MR) is 75.3 cm³/mol. The summed E-state index contributed by atoms with van der Waals surface area (Å²) in [5, 5.41) is 22.4. The first-order chi connectivity index (χ1) is 9.52. The van der Waals surface area contributed by atoms with E-state index in [-0.39, 0.29) is 24.6 Å². The smallest absolute Gasteiger partial charge is 0.194 e. The van der Waals surface area contributed by atoms with Crippen LogP contribution in [0.25, 0.3) is 0 Å². The third-order valence-electron chi connectivity index (χ3n) is 4.16. The van der Waals surface area contributed by atoms with Crippen LogP contribution in [0, 0.1) is 5.92 Å². The van der Waals surface area contributed by atoms with E-state index >= 15 is 0 Å². The first-order valence-electron chi connectivity index (χ1n) is 6.67. The van der Waals surface area contributed by atoms with Crippen molar-refractivity contribution in [2.24, 2.45) is 16.6 Å². The zero-order valence-electron chi connectivity index (χ0n) is 11.3. The van der Waals surface area contributed by atoms with Crippen molar-refractivity contribution in [3.63, 3.8) is 0 Å². The second-order valence-corrected chi connectivity index (χ2v) is 5.38. The number of hydrogen-bond donors (Lipinski definition) is 4. The van der Waals surface area contributed by atoms with E-state index in [0.29, 0.717) is 12.4 Å². The van der Waals surface area contributed by atoms with Crippen molar-refractivity contribution in [2.75, 3.05) is 11.9 Å². The molecule has 1 aromatic heterocycles. The fourth-order valence-electron chi connectivity index (χ4n) is 3.04. The molecule has 108 valence electrons. The summed E-state index contributed by atoms with van der Waals surface area (Å²) in [6.45, 7) is 5.86. The Bertz CT molecular complexity index is 579. The number of guanidine groups is 1. The molecule has 1 saturated carbocycles. The quantitative estimate of drug-likeness (QED) is 0.576. The Balaban J connectivity index is 1.96. The lowest BCUT2D eigenvalue weighted by Crippen LogP contribution is -2.29. The molecule has 5 N–H and O–H groups in total. The number of aliphatic hydroxyl groups excluding tert-OH is 2. The molecular weight excluding hydrogens is 258 g/mol. The third-order valence-corrected chi connectivity index (χ3v) is 4.16. The molecule has 2 aliphatic rings. The second kappa shape index (κ2) is 4.60. The van der Waals surface area contributed by atoms with Crippen molar-refractivity contribution in [1.29, 1.82) is 0 Å². The van der Waals surface area contributed by atoms with Gasteiger partial charge < -0.3 is 25.8 Å². The number of aromatic nitrogens is 2. The van der Waals surface area contributed by atoms with Crippen LogP contribution < -0.4 is 11.1 Å². The average Bonchev–Trinajstić information content (AvgIpc) is 2.91. The average molecular weight is 277 g/mol. The van der Waals surface area contributed by atoms with Crippen LogP contribution in [0.1, 0.15) is 31.1 Å². The zero-order valence-corrected chi connectivity index (χ0v) is 11.3. The van der Waals surface area contributed by atoms with Gasteiger partial charge in [-0.1, -0.05) is 6.58 Å². The Morgan fingerprint density at radius 1 is 1.60 bits per heavy atom. The minimum atomic E-state index is -0.581. The lowest BCUT2D eigenvalue weighted by atomic mass is 10.0. The van der Waals surface area contributed by atoms with Gasteiger partial charge in [0.1, 0.15) is 11.5 Å². The summed E-state index contributed by atoms with van der Waals surface area (Å²) in [6.07, 6.45) is 1.65. The van der Waals surface area contributed by atoms with Gasteiger partial charge in [-0.3, -0.25) is 0 Å². The lowest BCUT2D eigenvalue weighted by molar-refractivity contribution is 0.101. The van der Waals surface area contributed by atoms with E-state index in [2.05, 4.69) is 21.9 Å². The molecule has 1 aliphatic carbocycles. The Hall–Kier alpha value is -1.86. The van der Waals surface area contributed by atoms with Crippen molar-refractivity contribution in [3.8, 4) is 0 Å². The molecular formula is C13H19N5O2. The van der Waals surface area contributed by atoms with Gasteiger partial charge in [0.15, 0.2) is 5.96 Å². The van der Waals surface area contributed by atoms with Crippen LogP contribution in [0.15, 0.2) is 23.5 Å². The van der Waals surface area contributed by atoms with Crippen LogP contribution in [0.2, 0.25) is 0 Å². The Morgan fingerprint density at radius 2 is 2.35 bits per heavy atom. The maximum absolute atomic E-state index is 10.0. The van der Waals surface area contributed by atoms with Gasteiger partial charge in [-0.2, -0.15) is 0 Å². The molecule has 0 saturated heterocycles. The second-order valence-electron chi connectivity index (χ2n) is 5.38. The van der Waals surface area contributed by atoms with Crippen LogP contribution in [0.4, 0.5) is 5.82 Å². The van der Waals surface area contributed by atoms with Crippen LogP contribution in [-0.4, -0.2) is 38.4 Å². The first kappa shape index (κ1) is 13.1. The summed E-state index contributed by atoms with van der Waals surface area (Å²) in [4.78, 5) is 8.60. The predicted octanol–water partition coefficient (Wildman–Crippen LogP) is 0.155. The molecule has 1 aromatic rings. The molecule has 1 aliphatic heterocycles. The number of anilines is 1. The molecule has 20 heavy (non-hydrogen) atoms. The highest BCUT2D eigenvalue weighted by molar-refractivity contribution is 5.93. The Kier molecular flexibility index (Phi) is 3.02. The van der Waals surface area contributed by atoms with E-state index in [0.717, 1.165) is 17.1 Å². The molecule has 0 aromatic carbocycles. The summed E-state index contributed by atoms with van der Waals surface area (Å²) in [5.74, 6) is 0.863. The number of nitrogens with one attached hydrogen (secondary N) is 1. The number of aliphatic hydroxyl groups is 2. The minimum absolute atomic E-state index is 0.0935. The topological polar surface area (TPSA) is 109 Å². The lowest BCUT2D eigenvalue weighted by Gasteiger charge is -2.22. The van der Waals surface area contributed by atoms with E-state index in [4.69, 9.17) is 5.73 Å². The highest BCUT2D eigenvalue weighted by Crippen LogP contribution is 2.42. The summed E-state index contributed by atoms with van der Waals surface area (Å²) < 4.78 is 1.93. The molecule has 7 heteroatoms. The molecule has 7 nitrogen and oxygen atoms in total. The van der Waals surface area contributed by atoms with E-state index in [1.165, 1.54) is 0 Å². The van der Waals surface area contributed by atoms with Gasteiger partial charge in [0, 0.05) is 5.92 Å². The summed E-state index contributed by atoms with van der Waals surface area (Å²) >= 11 is 0. The molecule has 1 fully saturated rings. The van der Waals surface area contributed by atoms with Crippen molar-refractivity contribution in [3.05, 3.63) is 24.2 Å². The van der Waals surface area contributed by atoms with Crippen molar-refractivity contribution < 1.29 is 10.2 Å². The first-order valence-corrected chi connectivity index (χ1v) is 6.67. The molecule has 0 spiro atoms. The monoisotopic (exact) mass is 277 g/mol. The van der Waals surface area contributed by atoms with Crippen LogP contribution in [0.3, 0.4) is 0 Å². The van der Waals surface area contributed by atoms with Gasteiger partial charge in [0.05, 0.1) is 31.1 Å². The van der Waals surface area contributed by atoms with Gasteiger partial charge in [0.2, 0.25) is 0 Å². The number of rotatable bonds is 2. The minimum Gasteiger partial charge on any atom is -0.396 e. The number of hydrogen-bond acceptors (Lipinski definition) is 6. The molecule has 4 atom stereocenters. The van der Waals surface area contributed by atoms with Crippen LogP contribution in [0.5, 0.6) is 0 Å². The molecule has 3 rings (SSSR count). The van der Waals surface area contributed by atoms with E-state index in [9.17, 15) is 10.2 Å². The highest BCUT2D eigenvalue weighted by atomic mass is 16.3. The highest BCUT2D eigenvalue weighted by Gasteiger charge is 2.38. The standard InChI is InChI=1S/C13H19N5O2/c1-6-8(4-19)10(20)3-9(6)18-5-15-11-7(2)16-13(14)17-12(11)18/h5,7-10,19-20H,1,3-4H2,2H3,(H3,14,16,17). The van der Waals surface area contributed by atoms with Gasteiger partial charge in [-0.25, -0.2) is 9.98 Å². The van der Waals surface area contributed by atoms with Gasteiger partial charge in [0.25, 0.3) is 0 Å². The Labute approximate surface area is 116 Å². The fourth-order valence-corrected chi connectivity index (χ4v) is 3.04. The van der Waals surface area contributed by atoms with Gasteiger partial charge in [-0.05, 0) is 18.9 Å². The van der Waals surface area contributed by atoms with Crippen molar-refractivity contribution >= 4 is 11.8 Å². The largest absolute Gasteiger partial charge is 0.396 e. The molecule has 0 radical (unpaired) electrons. The summed E-state index contributed by atoms with van der Waals surface area (Å²) in [6, 6.07) is -0.190. The fraction of sp³-hybridized carbons (Fsp3) is 0.538. The number of fused-ring (bicyclic) bond motifs is 1. The maximum atomic E-state index is 10.0. The number of nitrogens with two attached hydrogens (primary N) is 1. The molecule has 4 unspecified atom stereocenters. The molecule has 0 amide bonds. The Morgan fingerprint density at radius 3 is 3.00 bits per heavy atom. The number of aliphatic imine (C=N–C) groups is 1. The van der Waals surface area contributed by atoms with Gasteiger partial charge in [-0.15, -0.1) is 0 Å². The van der Waals surface area contributed by atoms with E-state index in [1.807, 2.05) is 11.5 Å². The SMILES string of the molecule is C=C1C(CO)C(O)CC1n1cnc2c1NC(N)=NC2C. The number of nitrogens with zero attached hydrogens (tertiary/aromatic N) is 3. The van der Waals surface area contributed by atoms with Crippen molar-refractivity contribution in [1.82, 2.24) is 9.55 Å².